The lowest BCUT2D eigenvalue weighted by Crippen LogP contribution is -2.60. The summed E-state index contributed by atoms with van der Waals surface area (Å²) in [5.74, 6) is -0.135. The van der Waals surface area contributed by atoms with E-state index in [0.717, 1.165) is 44.7 Å². The monoisotopic (exact) mass is 427 g/mol. The van der Waals surface area contributed by atoms with Crippen LogP contribution < -0.4 is 15.0 Å². The van der Waals surface area contributed by atoms with Crippen LogP contribution in [0.3, 0.4) is 0 Å². The molecule has 0 aliphatic carbocycles. The summed E-state index contributed by atoms with van der Waals surface area (Å²) in [6.07, 6.45) is 3.97. The molecule has 2 fully saturated rings. The molecule has 0 bridgehead atoms. The van der Waals surface area contributed by atoms with Crippen molar-refractivity contribution >= 4 is 11.6 Å². The average Bonchev–Trinajstić information content (AvgIpc) is 2.74. The molecule has 1 aromatic heterocycles. The van der Waals surface area contributed by atoms with Gasteiger partial charge in [0.2, 0.25) is 0 Å². The molecule has 3 heterocycles. The van der Waals surface area contributed by atoms with E-state index in [1.165, 1.54) is 18.2 Å². The van der Waals surface area contributed by atoms with Gasteiger partial charge in [0.25, 0.3) is 11.8 Å². The molecule has 8 heteroatoms. The highest BCUT2D eigenvalue weighted by molar-refractivity contribution is 5.97. The van der Waals surface area contributed by atoms with Gasteiger partial charge in [0.15, 0.2) is 0 Å². The molecule has 0 unspecified atom stereocenters. The van der Waals surface area contributed by atoms with Crippen LogP contribution in [0.4, 0.5) is 10.1 Å². The normalized spacial score (nSPS) is 17.5. The van der Waals surface area contributed by atoms with E-state index < -0.39 is 5.82 Å². The minimum absolute atomic E-state index is 0.0112. The molecular weight excluding hydrogens is 397 g/mol. The van der Waals surface area contributed by atoms with Crippen LogP contribution in [-0.4, -0.2) is 59.8 Å². The van der Waals surface area contributed by atoms with Gasteiger partial charge in [0.1, 0.15) is 17.3 Å². The van der Waals surface area contributed by atoms with Crippen LogP contribution in [-0.2, 0) is 0 Å². The maximum Gasteiger partial charge on any atom is 0.262 e. The number of rotatable bonds is 6. The van der Waals surface area contributed by atoms with Crippen LogP contribution in [0, 0.1) is 11.2 Å². The van der Waals surface area contributed by atoms with E-state index in [2.05, 4.69) is 20.4 Å². The quantitative estimate of drug-likeness (QED) is 0.761. The number of benzene rings is 1. The first-order chi connectivity index (χ1) is 14.9. The van der Waals surface area contributed by atoms with Crippen molar-refractivity contribution < 1.29 is 13.9 Å². The van der Waals surface area contributed by atoms with Gasteiger partial charge in [0.05, 0.1) is 11.8 Å². The number of nitrogens with one attached hydrogen (secondary N) is 1. The summed E-state index contributed by atoms with van der Waals surface area (Å²) >= 11 is 0. The number of anilines is 1. The molecule has 2 aliphatic heterocycles. The fraction of sp³-hybridized carbons (Fsp3) is 0.522. The molecule has 0 atom stereocenters. The first-order valence-electron chi connectivity index (χ1n) is 11.0. The van der Waals surface area contributed by atoms with Gasteiger partial charge in [-0.25, -0.2) is 4.39 Å². The molecule has 7 nitrogen and oxygen atoms in total. The Morgan fingerprint density at radius 3 is 2.71 bits per heavy atom. The topological polar surface area (TPSA) is 70.6 Å². The van der Waals surface area contributed by atoms with Crippen LogP contribution in [0.15, 0.2) is 30.5 Å². The Hall–Kier alpha value is -2.74. The maximum atomic E-state index is 14.0. The van der Waals surface area contributed by atoms with E-state index in [1.807, 2.05) is 26.8 Å². The number of halogens is 1. The third-order valence-electron chi connectivity index (χ3n) is 6.33. The molecule has 0 saturated carbocycles. The number of carbonyl (C=O) groups excluding carboxylic acids is 1. The van der Waals surface area contributed by atoms with E-state index in [1.54, 1.807) is 11.1 Å². The number of ether oxygens (including phenoxy) is 1. The van der Waals surface area contributed by atoms with Gasteiger partial charge in [-0.15, -0.1) is 5.10 Å². The number of carbonyl (C=O) groups is 1. The Balaban J connectivity index is 1.59. The van der Waals surface area contributed by atoms with Gasteiger partial charge in [-0.1, -0.05) is 0 Å². The summed E-state index contributed by atoms with van der Waals surface area (Å²) in [6, 6.07) is 5.88. The van der Waals surface area contributed by atoms with Crippen molar-refractivity contribution in [3.05, 3.63) is 41.8 Å². The second-order valence-corrected chi connectivity index (χ2v) is 8.76. The lowest BCUT2D eigenvalue weighted by Gasteiger charge is -2.53. The highest BCUT2D eigenvalue weighted by Gasteiger charge is 2.44. The lowest BCUT2D eigenvalue weighted by molar-refractivity contribution is 0.0713. The molecule has 4 rings (SSSR count). The number of aromatic nitrogens is 2. The Labute approximate surface area is 182 Å². The predicted octanol–water partition coefficient (Wildman–Crippen LogP) is 3.47. The lowest BCUT2D eigenvalue weighted by atomic mass is 9.72. The third kappa shape index (κ3) is 4.35. The summed E-state index contributed by atoms with van der Waals surface area (Å²) in [4.78, 5) is 17.0. The Morgan fingerprint density at radius 2 is 2.03 bits per heavy atom. The van der Waals surface area contributed by atoms with E-state index in [9.17, 15) is 9.18 Å². The largest absolute Gasteiger partial charge is 0.435 e. The summed E-state index contributed by atoms with van der Waals surface area (Å²) in [7, 11) is 0. The molecule has 1 amide bonds. The van der Waals surface area contributed by atoms with Crippen LogP contribution in [0.25, 0.3) is 0 Å². The van der Waals surface area contributed by atoms with E-state index >= 15 is 0 Å². The zero-order valence-electron chi connectivity index (χ0n) is 18.4. The second kappa shape index (κ2) is 8.78. The van der Waals surface area contributed by atoms with E-state index in [0.29, 0.717) is 17.8 Å². The smallest absolute Gasteiger partial charge is 0.262 e. The van der Waals surface area contributed by atoms with Crippen molar-refractivity contribution in [1.82, 2.24) is 20.4 Å². The van der Waals surface area contributed by atoms with E-state index in [4.69, 9.17) is 4.74 Å². The van der Waals surface area contributed by atoms with Crippen LogP contribution >= 0.6 is 0 Å². The number of nitrogens with zero attached hydrogens (tertiary/aromatic N) is 4. The fourth-order valence-electron chi connectivity index (χ4n) is 4.59. The minimum Gasteiger partial charge on any atom is -0.435 e. The number of hydrogen-bond donors (Lipinski definition) is 1. The molecule has 2 aromatic rings. The van der Waals surface area contributed by atoms with Crippen molar-refractivity contribution in [2.75, 3.05) is 37.6 Å². The highest BCUT2D eigenvalue weighted by Crippen LogP contribution is 2.44. The van der Waals surface area contributed by atoms with Crippen molar-refractivity contribution in [2.45, 2.75) is 39.7 Å². The first kappa shape index (κ1) is 21.5. The zero-order chi connectivity index (χ0) is 22.0. The Morgan fingerprint density at radius 1 is 1.29 bits per heavy atom. The van der Waals surface area contributed by atoms with Crippen molar-refractivity contribution in [1.29, 1.82) is 0 Å². The van der Waals surface area contributed by atoms with Gasteiger partial charge in [0, 0.05) is 31.1 Å². The molecule has 166 valence electrons. The van der Waals surface area contributed by atoms with Gasteiger partial charge in [-0.05, 0) is 71.0 Å². The van der Waals surface area contributed by atoms with Gasteiger partial charge >= 0.3 is 0 Å². The molecular formula is C23H30FN5O2. The number of piperidine rings is 1. The number of hydrogen-bond acceptors (Lipinski definition) is 6. The second-order valence-electron chi connectivity index (χ2n) is 8.76. The van der Waals surface area contributed by atoms with Crippen LogP contribution in [0.2, 0.25) is 0 Å². The van der Waals surface area contributed by atoms with Crippen molar-refractivity contribution in [3.63, 3.8) is 0 Å². The van der Waals surface area contributed by atoms with Crippen molar-refractivity contribution in [2.24, 2.45) is 5.41 Å². The van der Waals surface area contributed by atoms with E-state index in [-0.39, 0.29) is 23.3 Å². The number of amides is 1. The molecule has 1 aromatic carbocycles. The SMILES string of the molecule is CCN(C(=O)c1cc(F)ccc1Oc1nnccc1N1CC2(CCNCC2)C1)C(C)C. The summed E-state index contributed by atoms with van der Waals surface area (Å²) < 4.78 is 20.1. The Kier molecular flexibility index (Phi) is 6.09. The molecule has 31 heavy (non-hydrogen) atoms. The van der Waals surface area contributed by atoms with Gasteiger partial charge in [-0.2, -0.15) is 5.10 Å². The molecule has 2 saturated heterocycles. The van der Waals surface area contributed by atoms with Gasteiger partial charge in [-0.3, -0.25) is 4.79 Å². The standard InChI is InChI=1S/C23H30FN5O2/c1-4-29(16(2)3)22(30)18-13-17(24)5-6-20(18)31-21-19(7-10-26-27-21)28-14-23(15-28)8-11-25-12-9-23/h5-7,10,13,16,25H,4,8-9,11-12,14-15H2,1-3H3. The molecule has 1 spiro atoms. The average molecular weight is 428 g/mol. The zero-order valence-corrected chi connectivity index (χ0v) is 18.4. The minimum atomic E-state index is -0.481. The van der Waals surface area contributed by atoms with Crippen LogP contribution in [0.5, 0.6) is 11.6 Å². The predicted molar refractivity (Wildman–Crippen MR) is 117 cm³/mol. The van der Waals surface area contributed by atoms with Crippen molar-refractivity contribution in [3.8, 4) is 11.6 Å². The molecule has 2 aliphatic rings. The third-order valence-corrected chi connectivity index (χ3v) is 6.33. The molecule has 1 N–H and O–H groups in total. The first-order valence-corrected chi connectivity index (χ1v) is 11.0. The molecule has 0 radical (unpaired) electrons. The highest BCUT2D eigenvalue weighted by atomic mass is 19.1. The maximum absolute atomic E-state index is 14.0. The summed E-state index contributed by atoms with van der Waals surface area (Å²) in [6.45, 7) is 10.3. The fourth-order valence-corrected chi connectivity index (χ4v) is 4.59. The van der Waals surface area contributed by atoms with Gasteiger partial charge < -0.3 is 19.9 Å². The Bertz CT molecular complexity index is 937. The summed E-state index contributed by atoms with van der Waals surface area (Å²) in [5, 5.41) is 11.6. The summed E-state index contributed by atoms with van der Waals surface area (Å²) in [5.41, 5.74) is 1.38. The van der Waals surface area contributed by atoms with Crippen LogP contribution in [0.1, 0.15) is 44.0 Å².